The number of hydrogen-bond donors (Lipinski definition) is 1. The maximum Gasteiger partial charge on any atom is 0.308 e. The lowest BCUT2D eigenvalue weighted by Gasteiger charge is -2.23. The molecule has 4 rings (SSSR count). The molecule has 1 aliphatic carbocycles. The van der Waals surface area contributed by atoms with Gasteiger partial charge in [-0.3, -0.25) is 14.3 Å². The van der Waals surface area contributed by atoms with Crippen LogP contribution >= 0.6 is 11.3 Å². The van der Waals surface area contributed by atoms with Crippen molar-refractivity contribution >= 4 is 33.4 Å². The molecule has 0 bridgehead atoms. The van der Waals surface area contributed by atoms with E-state index >= 15 is 0 Å². The van der Waals surface area contributed by atoms with Crippen molar-refractivity contribution in [2.75, 3.05) is 6.54 Å². The number of carbonyl (C=O) groups is 2. The van der Waals surface area contributed by atoms with E-state index in [0.717, 1.165) is 34.3 Å². The second kappa shape index (κ2) is 7.39. The van der Waals surface area contributed by atoms with Gasteiger partial charge in [-0.1, -0.05) is 37.3 Å². The third kappa shape index (κ3) is 3.67. The lowest BCUT2D eigenvalue weighted by molar-refractivity contribution is -0.141. The monoisotopic (exact) mass is 397 g/mol. The molecule has 7 heteroatoms. The van der Waals surface area contributed by atoms with E-state index in [0.29, 0.717) is 11.4 Å². The van der Waals surface area contributed by atoms with Gasteiger partial charge in [-0.25, -0.2) is 0 Å². The Morgan fingerprint density at radius 2 is 2.04 bits per heavy atom. The highest BCUT2D eigenvalue weighted by atomic mass is 32.1. The molecule has 1 N–H and O–H groups in total. The maximum atomic E-state index is 13.1. The molecule has 6 nitrogen and oxygen atoms in total. The van der Waals surface area contributed by atoms with Crippen molar-refractivity contribution in [2.45, 2.75) is 39.3 Å². The molecule has 1 atom stereocenters. The van der Waals surface area contributed by atoms with Crippen LogP contribution in [0.15, 0.2) is 36.4 Å². The minimum absolute atomic E-state index is 0.0672. The quantitative estimate of drug-likeness (QED) is 0.658. The second-order valence-corrected chi connectivity index (χ2v) is 8.52. The van der Waals surface area contributed by atoms with E-state index < -0.39 is 11.9 Å². The van der Waals surface area contributed by atoms with Crippen LogP contribution in [0.2, 0.25) is 0 Å². The zero-order valence-electron chi connectivity index (χ0n) is 16.0. The van der Waals surface area contributed by atoms with Crippen LogP contribution in [0.1, 0.15) is 40.7 Å². The SMILES string of the molecule is Cc1nn(Cc2ccccc2)c2sc(C(=O)N(CC(C)C(=O)O)C3CC3)cc12. The summed E-state index contributed by atoms with van der Waals surface area (Å²) in [5, 5.41) is 14.9. The molecule has 0 aliphatic heterocycles. The fraction of sp³-hybridized carbons (Fsp3) is 0.381. The summed E-state index contributed by atoms with van der Waals surface area (Å²) in [6, 6.07) is 12.2. The van der Waals surface area contributed by atoms with Crippen LogP contribution in [0.3, 0.4) is 0 Å². The van der Waals surface area contributed by atoms with Gasteiger partial charge in [0.15, 0.2) is 0 Å². The van der Waals surface area contributed by atoms with Crippen molar-refractivity contribution in [3.8, 4) is 0 Å². The minimum atomic E-state index is -0.871. The molecule has 0 spiro atoms. The molecule has 1 unspecified atom stereocenters. The number of aryl methyl sites for hydroxylation is 1. The summed E-state index contributed by atoms with van der Waals surface area (Å²) < 4.78 is 1.95. The first kappa shape index (κ1) is 18.7. The molecule has 0 saturated heterocycles. The Morgan fingerprint density at radius 3 is 2.68 bits per heavy atom. The lowest BCUT2D eigenvalue weighted by atomic mass is 10.1. The number of carboxylic acid groups (broad SMARTS) is 1. The first-order valence-corrected chi connectivity index (χ1v) is 10.3. The van der Waals surface area contributed by atoms with E-state index in [1.54, 1.807) is 11.8 Å². The van der Waals surface area contributed by atoms with Gasteiger partial charge >= 0.3 is 5.97 Å². The van der Waals surface area contributed by atoms with Crippen LogP contribution < -0.4 is 0 Å². The van der Waals surface area contributed by atoms with Crippen molar-refractivity contribution < 1.29 is 14.7 Å². The average molecular weight is 398 g/mol. The van der Waals surface area contributed by atoms with Crippen molar-refractivity contribution in [2.24, 2.45) is 5.92 Å². The van der Waals surface area contributed by atoms with Gasteiger partial charge in [-0.15, -0.1) is 11.3 Å². The topological polar surface area (TPSA) is 75.4 Å². The summed E-state index contributed by atoms with van der Waals surface area (Å²) in [5.74, 6) is -1.51. The number of amides is 1. The summed E-state index contributed by atoms with van der Waals surface area (Å²) in [7, 11) is 0. The highest BCUT2D eigenvalue weighted by Gasteiger charge is 2.35. The summed E-state index contributed by atoms with van der Waals surface area (Å²) in [4.78, 5) is 27.8. The van der Waals surface area contributed by atoms with Gasteiger partial charge in [0.05, 0.1) is 23.0 Å². The first-order valence-electron chi connectivity index (χ1n) is 9.48. The predicted molar refractivity (Wildman–Crippen MR) is 109 cm³/mol. The third-order valence-corrected chi connectivity index (χ3v) is 6.27. The van der Waals surface area contributed by atoms with Gasteiger partial charge in [0.1, 0.15) is 4.83 Å². The number of carboxylic acids is 1. The Hall–Kier alpha value is -2.67. The van der Waals surface area contributed by atoms with Gasteiger partial charge in [-0.2, -0.15) is 5.10 Å². The van der Waals surface area contributed by atoms with E-state index in [9.17, 15) is 14.7 Å². The highest BCUT2D eigenvalue weighted by molar-refractivity contribution is 7.20. The van der Waals surface area contributed by atoms with Crippen molar-refractivity contribution in [3.05, 3.63) is 52.5 Å². The molecule has 1 aromatic carbocycles. The van der Waals surface area contributed by atoms with Crippen LogP contribution in [0.25, 0.3) is 10.2 Å². The number of hydrogen-bond acceptors (Lipinski definition) is 4. The molecular weight excluding hydrogens is 374 g/mol. The average Bonchev–Trinajstić information content (AvgIpc) is 3.35. The van der Waals surface area contributed by atoms with Crippen LogP contribution in [0.5, 0.6) is 0 Å². The van der Waals surface area contributed by atoms with E-state index in [1.165, 1.54) is 11.3 Å². The predicted octanol–water partition coefficient (Wildman–Crippen LogP) is 3.78. The van der Waals surface area contributed by atoms with Gasteiger partial charge in [-0.05, 0) is 31.4 Å². The maximum absolute atomic E-state index is 13.1. The summed E-state index contributed by atoms with van der Waals surface area (Å²) in [5.41, 5.74) is 2.06. The molecule has 146 valence electrons. The van der Waals surface area contributed by atoms with Crippen LogP contribution in [-0.4, -0.2) is 44.3 Å². The molecule has 1 fully saturated rings. The zero-order chi connectivity index (χ0) is 19.8. The fourth-order valence-corrected chi connectivity index (χ4v) is 4.50. The zero-order valence-corrected chi connectivity index (χ0v) is 16.8. The molecule has 1 saturated carbocycles. The molecule has 2 heterocycles. The van der Waals surface area contributed by atoms with Gasteiger partial charge in [0.2, 0.25) is 0 Å². The molecular formula is C21H23N3O3S. The first-order chi connectivity index (χ1) is 13.4. The molecule has 1 amide bonds. The number of carbonyl (C=O) groups excluding carboxylic acids is 1. The van der Waals surface area contributed by atoms with Crippen molar-refractivity contribution in [3.63, 3.8) is 0 Å². The molecule has 0 radical (unpaired) electrons. The van der Waals surface area contributed by atoms with Crippen LogP contribution in [-0.2, 0) is 11.3 Å². The normalized spacial score (nSPS) is 14.9. The summed E-state index contributed by atoms with van der Waals surface area (Å²) in [6.07, 6.45) is 1.90. The Morgan fingerprint density at radius 1 is 1.32 bits per heavy atom. The van der Waals surface area contributed by atoms with E-state index in [2.05, 4.69) is 17.2 Å². The van der Waals surface area contributed by atoms with Crippen LogP contribution in [0.4, 0.5) is 0 Å². The molecule has 2 aromatic heterocycles. The Kier molecular flexibility index (Phi) is 4.93. The highest BCUT2D eigenvalue weighted by Crippen LogP contribution is 2.33. The van der Waals surface area contributed by atoms with Gasteiger partial charge in [0.25, 0.3) is 5.91 Å². The number of aliphatic carboxylic acids is 1. The lowest BCUT2D eigenvalue weighted by Crippen LogP contribution is -2.38. The Labute approximate surface area is 167 Å². The second-order valence-electron chi connectivity index (χ2n) is 7.49. The van der Waals surface area contributed by atoms with E-state index in [-0.39, 0.29) is 18.5 Å². The van der Waals surface area contributed by atoms with Crippen molar-refractivity contribution in [1.29, 1.82) is 0 Å². The smallest absolute Gasteiger partial charge is 0.308 e. The number of aromatic nitrogens is 2. The number of fused-ring (bicyclic) bond motifs is 1. The largest absolute Gasteiger partial charge is 0.481 e. The Balaban J connectivity index is 1.62. The fourth-order valence-electron chi connectivity index (χ4n) is 3.38. The summed E-state index contributed by atoms with van der Waals surface area (Å²) in [6.45, 7) is 4.51. The van der Waals surface area contributed by atoms with Gasteiger partial charge in [0, 0.05) is 18.0 Å². The molecule has 3 aromatic rings. The minimum Gasteiger partial charge on any atom is -0.481 e. The van der Waals surface area contributed by atoms with E-state index in [4.69, 9.17) is 0 Å². The Bertz CT molecular complexity index is 1020. The van der Waals surface area contributed by atoms with Gasteiger partial charge < -0.3 is 10.0 Å². The standard InChI is InChI=1S/C21H23N3O3S/c1-13(21(26)27)11-23(16-8-9-16)19(25)18-10-17-14(2)22-24(20(17)28-18)12-15-6-4-3-5-7-15/h3-7,10,13,16H,8-9,11-12H2,1-2H3,(H,26,27). The van der Waals surface area contributed by atoms with Crippen LogP contribution in [0, 0.1) is 12.8 Å². The third-order valence-electron chi connectivity index (χ3n) is 5.13. The van der Waals surface area contributed by atoms with Crippen molar-refractivity contribution in [1.82, 2.24) is 14.7 Å². The number of rotatable bonds is 7. The number of nitrogens with zero attached hydrogens (tertiary/aromatic N) is 3. The summed E-state index contributed by atoms with van der Waals surface area (Å²) >= 11 is 1.44. The molecule has 1 aliphatic rings. The van der Waals surface area contributed by atoms with E-state index in [1.807, 2.05) is 35.9 Å². The number of benzene rings is 1. The molecule has 28 heavy (non-hydrogen) atoms. The number of thiophene rings is 1.